The number of hydrogen-bond donors (Lipinski definition) is 0. The van der Waals surface area contributed by atoms with Crippen LogP contribution >= 0.6 is 0 Å². The van der Waals surface area contributed by atoms with Gasteiger partial charge in [0.05, 0.1) is 25.5 Å². The van der Waals surface area contributed by atoms with Crippen molar-refractivity contribution in [2.75, 3.05) is 14.2 Å². The van der Waals surface area contributed by atoms with Crippen LogP contribution in [0.5, 0.6) is 11.8 Å². The van der Waals surface area contributed by atoms with E-state index in [-0.39, 0.29) is 0 Å². The summed E-state index contributed by atoms with van der Waals surface area (Å²) in [5.41, 5.74) is 2.96. The van der Waals surface area contributed by atoms with Crippen molar-refractivity contribution in [1.29, 1.82) is 0 Å². The van der Waals surface area contributed by atoms with Gasteiger partial charge < -0.3 is 9.47 Å². The molecule has 0 aromatic carbocycles. The molecular formula is C15H18N2O2. The standard InChI is InChI=1S/C15H18N2O2/c1-10(2)11-6-5-9-16-14(11)12-7-8-13(18-3)17-15(12)19-4/h5-10H,1-4H3. The summed E-state index contributed by atoms with van der Waals surface area (Å²) in [5.74, 6) is 1.44. The van der Waals surface area contributed by atoms with E-state index in [1.54, 1.807) is 20.4 Å². The Hall–Kier alpha value is -2.10. The Kier molecular flexibility index (Phi) is 4.00. The average molecular weight is 258 g/mol. The third-order valence-electron chi connectivity index (χ3n) is 2.95. The quantitative estimate of drug-likeness (QED) is 0.844. The largest absolute Gasteiger partial charge is 0.481 e. The Morgan fingerprint density at radius 1 is 1.05 bits per heavy atom. The van der Waals surface area contributed by atoms with E-state index in [0.29, 0.717) is 17.7 Å². The molecule has 2 rings (SSSR count). The van der Waals surface area contributed by atoms with Crippen LogP contribution in [-0.2, 0) is 0 Å². The van der Waals surface area contributed by atoms with Crippen LogP contribution in [0, 0.1) is 0 Å². The van der Waals surface area contributed by atoms with E-state index in [2.05, 4.69) is 29.9 Å². The molecule has 0 N–H and O–H groups in total. The molecule has 19 heavy (non-hydrogen) atoms. The van der Waals surface area contributed by atoms with Gasteiger partial charge in [0.2, 0.25) is 11.8 Å². The highest BCUT2D eigenvalue weighted by molar-refractivity contribution is 5.69. The summed E-state index contributed by atoms with van der Waals surface area (Å²) in [6.07, 6.45) is 1.78. The molecule has 0 bridgehead atoms. The Morgan fingerprint density at radius 3 is 2.47 bits per heavy atom. The van der Waals surface area contributed by atoms with Crippen LogP contribution in [0.2, 0.25) is 0 Å². The van der Waals surface area contributed by atoms with Crippen LogP contribution in [-0.4, -0.2) is 24.2 Å². The van der Waals surface area contributed by atoms with Gasteiger partial charge in [-0.05, 0) is 23.6 Å². The lowest BCUT2D eigenvalue weighted by molar-refractivity contribution is 0.365. The average Bonchev–Trinajstić information content (AvgIpc) is 2.46. The van der Waals surface area contributed by atoms with Crippen LogP contribution in [0.25, 0.3) is 11.3 Å². The van der Waals surface area contributed by atoms with Crippen molar-refractivity contribution in [2.45, 2.75) is 19.8 Å². The lowest BCUT2D eigenvalue weighted by Gasteiger charge is -2.14. The molecule has 0 radical (unpaired) electrons. The van der Waals surface area contributed by atoms with Crippen molar-refractivity contribution < 1.29 is 9.47 Å². The summed E-state index contributed by atoms with van der Waals surface area (Å²) in [6.45, 7) is 4.29. The molecule has 2 aromatic rings. The Balaban J connectivity index is 2.58. The van der Waals surface area contributed by atoms with E-state index < -0.39 is 0 Å². The second-order valence-corrected chi connectivity index (χ2v) is 4.51. The van der Waals surface area contributed by atoms with Crippen molar-refractivity contribution in [3.63, 3.8) is 0 Å². The zero-order chi connectivity index (χ0) is 13.8. The fraction of sp³-hybridized carbons (Fsp3) is 0.333. The second-order valence-electron chi connectivity index (χ2n) is 4.51. The fourth-order valence-electron chi connectivity index (χ4n) is 1.98. The van der Waals surface area contributed by atoms with Crippen LogP contribution in [0.4, 0.5) is 0 Å². The van der Waals surface area contributed by atoms with E-state index in [4.69, 9.17) is 9.47 Å². The van der Waals surface area contributed by atoms with Crippen molar-refractivity contribution >= 4 is 0 Å². The van der Waals surface area contributed by atoms with Crippen LogP contribution in [0.15, 0.2) is 30.5 Å². The first-order valence-corrected chi connectivity index (χ1v) is 6.21. The Morgan fingerprint density at radius 2 is 1.84 bits per heavy atom. The highest BCUT2D eigenvalue weighted by Crippen LogP contribution is 2.33. The monoisotopic (exact) mass is 258 g/mol. The predicted molar refractivity (Wildman–Crippen MR) is 74.7 cm³/mol. The van der Waals surface area contributed by atoms with Crippen molar-refractivity contribution in [2.24, 2.45) is 0 Å². The molecule has 0 aliphatic heterocycles. The summed E-state index contributed by atoms with van der Waals surface area (Å²) >= 11 is 0. The van der Waals surface area contributed by atoms with Gasteiger partial charge in [0, 0.05) is 12.3 Å². The minimum Gasteiger partial charge on any atom is -0.481 e. The first-order chi connectivity index (χ1) is 9.17. The molecule has 2 heterocycles. The summed E-state index contributed by atoms with van der Waals surface area (Å²) in [6, 6.07) is 7.77. The molecule has 0 amide bonds. The van der Waals surface area contributed by atoms with Crippen molar-refractivity contribution in [3.05, 3.63) is 36.0 Å². The highest BCUT2D eigenvalue weighted by atomic mass is 16.5. The second kappa shape index (κ2) is 5.69. The molecule has 0 aliphatic carbocycles. The van der Waals surface area contributed by atoms with Gasteiger partial charge in [-0.15, -0.1) is 0 Å². The van der Waals surface area contributed by atoms with Gasteiger partial charge in [0.1, 0.15) is 0 Å². The third-order valence-corrected chi connectivity index (χ3v) is 2.95. The number of hydrogen-bond acceptors (Lipinski definition) is 4. The fourth-order valence-corrected chi connectivity index (χ4v) is 1.98. The highest BCUT2D eigenvalue weighted by Gasteiger charge is 2.15. The molecular weight excluding hydrogens is 240 g/mol. The van der Waals surface area contributed by atoms with Crippen LogP contribution in [0.1, 0.15) is 25.3 Å². The van der Waals surface area contributed by atoms with Crippen molar-refractivity contribution in [3.8, 4) is 23.0 Å². The van der Waals surface area contributed by atoms with E-state index >= 15 is 0 Å². The molecule has 0 unspecified atom stereocenters. The number of pyridine rings is 2. The lowest BCUT2D eigenvalue weighted by Crippen LogP contribution is -1.99. The number of ether oxygens (including phenoxy) is 2. The summed E-state index contributed by atoms with van der Waals surface area (Å²) in [5, 5.41) is 0. The van der Waals surface area contributed by atoms with Gasteiger partial charge in [-0.2, -0.15) is 4.98 Å². The van der Waals surface area contributed by atoms with Crippen LogP contribution in [0.3, 0.4) is 0 Å². The number of rotatable bonds is 4. The molecule has 0 spiro atoms. The molecule has 4 nitrogen and oxygen atoms in total. The topological polar surface area (TPSA) is 44.2 Å². The predicted octanol–water partition coefficient (Wildman–Crippen LogP) is 3.28. The molecule has 2 aromatic heterocycles. The molecule has 100 valence electrons. The molecule has 0 fully saturated rings. The summed E-state index contributed by atoms with van der Waals surface area (Å²) in [4.78, 5) is 8.78. The summed E-state index contributed by atoms with van der Waals surface area (Å²) < 4.78 is 10.5. The number of nitrogens with zero attached hydrogens (tertiary/aromatic N) is 2. The molecule has 0 aliphatic rings. The first-order valence-electron chi connectivity index (χ1n) is 6.21. The van der Waals surface area contributed by atoms with E-state index in [9.17, 15) is 0 Å². The van der Waals surface area contributed by atoms with Gasteiger partial charge in [-0.3, -0.25) is 4.98 Å². The van der Waals surface area contributed by atoms with Crippen molar-refractivity contribution in [1.82, 2.24) is 9.97 Å². The molecule has 0 saturated carbocycles. The Bertz CT molecular complexity index is 568. The van der Waals surface area contributed by atoms with Gasteiger partial charge in [0.15, 0.2) is 0 Å². The van der Waals surface area contributed by atoms with E-state index in [0.717, 1.165) is 11.3 Å². The molecule has 0 saturated heterocycles. The maximum atomic E-state index is 5.35. The zero-order valence-electron chi connectivity index (χ0n) is 11.7. The maximum absolute atomic E-state index is 5.35. The summed E-state index contributed by atoms with van der Waals surface area (Å²) in [7, 11) is 3.19. The van der Waals surface area contributed by atoms with Gasteiger partial charge in [-0.1, -0.05) is 19.9 Å². The van der Waals surface area contributed by atoms with Gasteiger partial charge in [-0.25, -0.2) is 0 Å². The molecule has 0 atom stereocenters. The van der Waals surface area contributed by atoms with E-state index in [1.165, 1.54) is 5.56 Å². The third kappa shape index (κ3) is 2.67. The smallest absolute Gasteiger partial charge is 0.226 e. The minimum absolute atomic E-state index is 0.385. The van der Waals surface area contributed by atoms with E-state index in [1.807, 2.05) is 18.2 Å². The normalized spacial score (nSPS) is 10.6. The number of aromatic nitrogens is 2. The lowest BCUT2D eigenvalue weighted by atomic mass is 9.98. The Labute approximate surface area is 113 Å². The minimum atomic E-state index is 0.385. The maximum Gasteiger partial charge on any atom is 0.226 e. The van der Waals surface area contributed by atoms with Crippen LogP contribution < -0.4 is 9.47 Å². The number of methoxy groups -OCH3 is 2. The molecule has 4 heteroatoms. The van der Waals surface area contributed by atoms with Gasteiger partial charge in [0.25, 0.3) is 0 Å². The zero-order valence-corrected chi connectivity index (χ0v) is 11.7. The van der Waals surface area contributed by atoms with Gasteiger partial charge >= 0.3 is 0 Å². The SMILES string of the molecule is COc1ccc(-c2ncccc2C(C)C)c(OC)n1. The first kappa shape index (κ1) is 13.3.